The molecule has 1 unspecified atom stereocenters. The third-order valence-electron chi connectivity index (χ3n) is 3.41. The molecule has 2 aliphatic heterocycles. The number of aromatic carboxylic acids is 1. The van der Waals surface area contributed by atoms with Crippen molar-refractivity contribution in [1.82, 2.24) is 4.90 Å². The molecule has 1 amide bonds. The lowest BCUT2D eigenvalue weighted by Crippen LogP contribution is -2.66. The number of carbonyl (C=O) groups excluding carboxylic acids is 1. The summed E-state index contributed by atoms with van der Waals surface area (Å²) < 4.78 is 1.89. The van der Waals surface area contributed by atoms with Gasteiger partial charge in [-0.05, 0) is 0 Å². The van der Waals surface area contributed by atoms with Crippen LogP contribution >= 0.6 is 11.8 Å². The topological polar surface area (TPSA) is 87.5 Å². The number of aromatic nitrogens is 1. The standard InChI is InChI=1S/C13H13N3O3S/c14-10-11(17)16-6-8(7-20-12(10)16)5-15-3-1-9(2-4-15)13(18)19/h1-4,6,10,12H,5,7,14H2/p+1/t10?,12-/m0/s1. The third kappa shape index (κ3) is 2.19. The zero-order valence-corrected chi connectivity index (χ0v) is 11.4. The van der Waals surface area contributed by atoms with E-state index < -0.39 is 5.97 Å². The zero-order chi connectivity index (χ0) is 14.3. The summed E-state index contributed by atoms with van der Waals surface area (Å²) in [7, 11) is 0. The molecule has 3 N–H and O–H groups in total. The van der Waals surface area contributed by atoms with Gasteiger partial charge in [-0.15, -0.1) is 11.8 Å². The molecular weight excluding hydrogens is 278 g/mol. The molecule has 0 bridgehead atoms. The Labute approximate surface area is 119 Å². The normalized spacial score (nSPS) is 24.8. The van der Waals surface area contributed by atoms with E-state index in [2.05, 4.69) is 0 Å². The highest BCUT2D eigenvalue weighted by atomic mass is 32.2. The molecule has 3 rings (SSSR count). The maximum absolute atomic E-state index is 11.6. The fourth-order valence-electron chi connectivity index (χ4n) is 2.28. The first-order valence-electron chi connectivity index (χ1n) is 6.17. The Hall–Kier alpha value is -1.86. The second-order valence-electron chi connectivity index (χ2n) is 4.82. The molecule has 1 aromatic rings. The molecule has 2 atom stereocenters. The molecule has 0 aliphatic carbocycles. The van der Waals surface area contributed by atoms with Crippen molar-refractivity contribution >= 4 is 23.6 Å². The molecule has 20 heavy (non-hydrogen) atoms. The molecular formula is C13H14N3O3S+. The highest BCUT2D eigenvalue weighted by molar-refractivity contribution is 8.00. The van der Waals surface area contributed by atoms with E-state index in [1.165, 1.54) is 0 Å². The van der Waals surface area contributed by atoms with E-state index >= 15 is 0 Å². The van der Waals surface area contributed by atoms with Gasteiger partial charge in [0.1, 0.15) is 11.4 Å². The smallest absolute Gasteiger partial charge is 0.336 e. The van der Waals surface area contributed by atoms with Gasteiger partial charge in [-0.3, -0.25) is 4.79 Å². The lowest BCUT2D eigenvalue weighted by atomic mass is 10.1. The van der Waals surface area contributed by atoms with E-state index in [0.717, 1.165) is 11.3 Å². The van der Waals surface area contributed by atoms with Crippen molar-refractivity contribution in [3.63, 3.8) is 0 Å². The monoisotopic (exact) mass is 292 g/mol. The van der Waals surface area contributed by atoms with Gasteiger partial charge in [-0.2, -0.15) is 0 Å². The van der Waals surface area contributed by atoms with Gasteiger partial charge in [-0.1, -0.05) is 0 Å². The molecule has 2 aliphatic rings. The highest BCUT2D eigenvalue weighted by Crippen LogP contribution is 2.34. The number of carboxylic acids is 1. The first-order chi connectivity index (χ1) is 9.56. The number of nitrogens with two attached hydrogens (primary N) is 1. The molecule has 1 fully saturated rings. The zero-order valence-electron chi connectivity index (χ0n) is 10.6. The summed E-state index contributed by atoms with van der Waals surface area (Å²) in [5.74, 6) is -0.144. The van der Waals surface area contributed by atoms with Crippen LogP contribution in [0.3, 0.4) is 0 Å². The number of β-lactam (4-membered cyclic amide) rings is 1. The van der Waals surface area contributed by atoms with E-state index in [1.807, 2.05) is 10.8 Å². The lowest BCUT2D eigenvalue weighted by Gasteiger charge is -2.45. The van der Waals surface area contributed by atoms with E-state index in [4.69, 9.17) is 10.8 Å². The van der Waals surface area contributed by atoms with Gasteiger partial charge in [0.25, 0.3) is 0 Å². The number of hydrogen-bond acceptors (Lipinski definition) is 4. The number of hydrogen-bond donors (Lipinski definition) is 2. The van der Waals surface area contributed by atoms with Crippen molar-refractivity contribution in [3.8, 4) is 0 Å². The van der Waals surface area contributed by atoms with Crippen molar-refractivity contribution in [2.45, 2.75) is 18.0 Å². The second kappa shape index (κ2) is 4.92. The molecule has 1 saturated heterocycles. The summed E-state index contributed by atoms with van der Waals surface area (Å²) >= 11 is 1.66. The maximum atomic E-state index is 11.6. The molecule has 1 aromatic heterocycles. The van der Waals surface area contributed by atoms with Crippen LogP contribution < -0.4 is 10.3 Å². The number of thioether (sulfide) groups is 1. The number of amides is 1. The highest BCUT2D eigenvalue weighted by Gasteiger charge is 2.46. The van der Waals surface area contributed by atoms with Crippen LogP contribution in [0.4, 0.5) is 0 Å². The first-order valence-corrected chi connectivity index (χ1v) is 7.22. The Morgan fingerprint density at radius 2 is 2.20 bits per heavy atom. The van der Waals surface area contributed by atoms with E-state index in [-0.39, 0.29) is 22.9 Å². The second-order valence-corrected chi connectivity index (χ2v) is 5.93. The van der Waals surface area contributed by atoms with Gasteiger partial charge in [0.15, 0.2) is 18.9 Å². The summed E-state index contributed by atoms with van der Waals surface area (Å²) in [6.45, 7) is 0.638. The molecule has 6 nitrogen and oxygen atoms in total. The predicted molar refractivity (Wildman–Crippen MR) is 72.7 cm³/mol. The van der Waals surface area contributed by atoms with Crippen LogP contribution in [0.1, 0.15) is 10.4 Å². The fraction of sp³-hybridized carbons (Fsp3) is 0.308. The van der Waals surface area contributed by atoms with Crippen LogP contribution in [0.25, 0.3) is 0 Å². The number of carboxylic acid groups (broad SMARTS) is 1. The average molecular weight is 292 g/mol. The Morgan fingerprint density at radius 1 is 1.50 bits per heavy atom. The van der Waals surface area contributed by atoms with Crippen molar-refractivity contribution in [2.75, 3.05) is 5.75 Å². The van der Waals surface area contributed by atoms with Gasteiger partial charge >= 0.3 is 5.97 Å². The summed E-state index contributed by atoms with van der Waals surface area (Å²) in [4.78, 5) is 24.0. The van der Waals surface area contributed by atoms with Crippen LogP contribution in [0.5, 0.6) is 0 Å². The first kappa shape index (κ1) is 13.1. The van der Waals surface area contributed by atoms with Crippen LogP contribution in [0.15, 0.2) is 36.3 Å². The quantitative estimate of drug-likeness (QED) is 0.595. The van der Waals surface area contributed by atoms with Crippen LogP contribution in [0.2, 0.25) is 0 Å². The maximum Gasteiger partial charge on any atom is 0.336 e. The van der Waals surface area contributed by atoms with Gasteiger partial charge in [0, 0.05) is 29.7 Å². The van der Waals surface area contributed by atoms with Crippen LogP contribution in [0, 0.1) is 0 Å². The SMILES string of the molecule is NC1C(=O)N2C=C(C[n+]3ccc(C(=O)O)cc3)CS[C@@H]12. The van der Waals surface area contributed by atoms with Crippen LogP contribution in [-0.2, 0) is 11.3 Å². The predicted octanol–water partition coefficient (Wildman–Crippen LogP) is -0.201. The van der Waals surface area contributed by atoms with E-state index in [1.54, 1.807) is 41.2 Å². The minimum absolute atomic E-state index is 0.0362. The summed E-state index contributed by atoms with van der Waals surface area (Å²) in [6.07, 6.45) is 5.32. The van der Waals surface area contributed by atoms with Crippen molar-refractivity contribution < 1.29 is 19.3 Å². The molecule has 3 heterocycles. The fourth-order valence-corrected chi connectivity index (χ4v) is 3.48. The number of fused-ring (bicyclic) bond motifs is 1. The minimum atomic E-state index is -0.937. The van der Waals surface area contributed by atoms with Crippen LogP contribution in [-0.4, -0.2) is 39.1 Å². The number of rotatable bonds is 3. The molecule has 7 heteroatoms. The molecule has 0 saturated carbocycles. The molecule has 104 valence electrons. The van der Waals surface area contributed by atoms with Gasteiger partial charge in [0.05, 0.1) is 5.56 Å². The molecule has 0 aromatic carbocycles. The molecule has 0 radical (unpaired) electrons. The van der Waals surface area contributed by atoms with Crippen molar-refractivity contribution in [1.29, 1.82) is 0 Å². The number of nitrogens with zero attached hydrogens (tertiary/aromatic N) is 2. The van der Waals surface area contributed by atoms with Gasteiger partial charge in [-0.25, -0.2) is 9.36 Å². The van der Waals surface area contributed by atoms with E-state index in [0.29, 0.717) is 6.54 Å². The third-order valence-corrected chi connectivity index (χ3v) is 4.81. The number of pyridine rings is 1. The summed E-state index contributed by atoms with van der Waals surface area (Å²) in [5, 5.41) is 8.92. The Bertz CT molecular complexity index is 599. The Kier molecular flexibility index (Phi) is 3.23. The molecule has 0 spiro atoms. The summed E-state index contributed by atoms with van der Waals surface area (Å²) in [5.41, 5.74) is 7.09. The largest absolute Gasteiger partial charge is 0.478 e. The van der Waals surface area contributed by atoms with Crippen molar-refractivity contribution in [2.24, 2.45) is 5.73 Å². The lowest BCUT2D eigenvalue weighted by molar-refractivity contribution is -0.689. The van der Waals surface area contributed by atoms with Gasteiger partial charge < -0.3 is 15.7 Å². The minimum Gasteiger partial charge on any atom is -0.478 e. The summed E-state index contributed by atoms with van der Waals surface area (Å²) in [6, 6.07) is 2.75. The van der Waals surface area contributed by atoms with Gasteiger partial charge in [0.2, 0.25) is 5.91 Å². The van der Waals surface area contributed by atoms with E-state index in [9.17, 15) is 9.59 Å². The number of carbonyl (C=O) groups is 2. The Balaban J connectivity index is 1.71. The average Bonchev–Trinajstić information content (AvgIpc) is 2.47. The van der Waals surface area contributed by atoms with Crippen molar-refractivity contribution in [3.05, 3.63) is 41.9 Å². The Morgan fingerprint density at radius 3 is 2.85 bits per heavy atom.